The Balaban J connectivity index is 1.11. The second-order valence-corrected chi connectivity index (χ2v) is 15.1. The normalized spacial score (nSPS) is 11.9. The van der Waals surface area contributed by atoms with E-state index in [-0.39, 0.29) is 0 Å². The zero-order valence-electron chi connectivity index (χ0n) is 31.0. The Morgan fingerprint density at radius 3 is 1.28 bits per heavy atom. The maximum absolute atomic E-state index is 4.62. The molecule has 57 heavy (non-hydrogen) atoms. The average Bonchev–Trinajstić information content (AvgIpc) is 3.79. The summed E-state index contributed by atoms with van der Waals surface area (Å²) in [5.41, 5.74) is 20.7. The molecule has 0 amide bonds. The van der Waals surface area contributed by atoms with Crippen LogP contribution in [0.1, 0.15) is 0 Å². The van der Waals surface area contributed by atoms with E-state index in [1.807, 2.05) is 18.5 Å². The summed E-state index contributed by atoms with van der Waals surface area (Å²) >= 11 is 0. The number of aromatic nitrogens is 1. The maximum Gasteiger partial charge on any atom is 0.0644 e. The highest BCUT2D eigenvalue weighted by molar-refractivity contribution is 6.20. The fraction of sp³-hybridized carbons (Fsp3) is 0. The molecular formula is C55H34N2. The molecule has 12 rings (SSSR count). The van der Waals surface area contributed by atoms with Crippen molar-refractivity contribution in [2.45, 2.75) is 0 Å². The second-order valence-electron chi connectivity index (χ2n) is 15.1. The van der Waals surface area contributed by atoms with Gasteiger partial charge in [-0.3, -0.25) is 4.98 Å². The van der Waals surface area contributed by atoms with Gasteiger partial charge < -0.3 is 4.90 Å². The molecule has 2 aliphatic carbocycles. The van der Waals surface area contributed by atoms with Crippen molar-refractivity contribution in [1.82, 2.24) is 4.98 Å². The number of nitrogens with zero attached hydrogens (tertiary/aromatic N) is 2. The maximum atomic E-state index is 4.62. The van der Waals surface area contributed by atoms with Crippen molar-refractivity contribution in [2.75, 3.05) is 4.90 Å². The van der Waals surface area contributed by atoms with Gasteiger partial charge in [0.2, 0.25) is 0 Å². The smallest absolute Gasteiger partial charge is 0.0644 e. The monoisotopic (exact) mass is 722 g/mol. The molecule has 1 heterocycles. The Morgan fingerprint density at radius 1 is 0.281 bits per heavy atom. The standard InChI is InChI=1S/C55H34N2/c1-2-11-35(12-3-1)36-22-24-39(25-23-36)57(40-13-10-30-56-34-40)41-32-37(42-26-28-52-46-16-6-4-14-44(46)50-20-8-18-48(42)54(50)52)31-38(33-41)43-27-29-53-47-17-7-5-15-45(47)51-21-9-19-49(43)55(51)53/h1-34H. The summed E-state index contributed by atoms with van der Waals surface area (Å²) in [7, 11) is 0. The van der Waals surface area contributed by atoms with Gasteiger partial charge in [0.25, 0.3) is 0 Å². The lowest BCUT2D eigenvalue weighted by Crippen LogP contribution is -2.10. The van der Waals surface area contributed by atoms with Crippen molar-refractivity contribution >= 4 is 38.6 Å². The van der Waals surface area contributed by atoms with E-state index in [0.717, 1.165) is 17.1 Å². The van der Waals surface area contributed by atoms with Crippen LogP contribution in [0.15, 0.2) is 207 Å². The zero-order valence-corrected chi connectivity index (χ0v) is 31.0. The van der Waals surface area contributed by atoms with E-state index in [4.69, 9.17) is 0 Å². The lowest BCUT2D eigenvalue weighted by Gasteiger charge is -2.27. The van der Waals surface area contributed by atoms with Crippen molar-refractivity contribution < 1.29 is 0 Å². The number of fused-ring (bicyclic) bond motifs is 6. The van der Waals surface area contributed by atoms with Crippen LogP contribution in [0.2, 0.25) is 0 Å². The molecule has 1 aromatic heterocycles. The first-order chi connectivity index (χ1) is 28.3. The summed E-state index contributed by atoms with van der Waals surface area (Å²) in [6.45, 7) is 0. The topological polar surface area (TPSA) is 16.1 Å². The molecule has 0 bridgehead atoms. The first kappa shape index (κ1) is 31.8. The molecule has 10 aromatic rings. The Labute approximate surface area is 331 Å². The van der Waals surface area contributed by atoms with Crippen LogP contribution in [0.25, 0.3) is 99.4 Å². The van der Waals surface area contributed by atoms with Gasteiger partial charge in [-0.15, -0.1) is 0 Å². The molecule has 0 spiro atoms. The van der Waals surface area contributed by atoms with Crippen LogP contribution >= 0.6 is 0 Å². The van der Waals surface area contributed by atoms with Crippen LogP contribution in [0.3, 0.4) is 0 Å². The van der Waals surface area contributed by atoms with Crippen molar-refractivity contribution in [3.05, 3.63) is 207 Å². The van der Waals surface area contributed by atoms with Crippen LogP contribution in [0.5, 0.6) is 0 Å². The molecule has 0 saturated heterocycles. The van der Waals surface area contributed by atoms with Gasteiger partial charge in [-0.05, 0) is 142 Å². The van der Waals surface area contributed by atoms with E-state index in [9.17, 15) is 0 Å². The number of rotatable bonds is 6. The molecule has 2 nitrogen and oxygen atoms in total. The molecule has 0 saturated carbocycles. The third-order valence-electron chi connectivity index (χ3n) is 12.0. The lowest BCUT2D eigenvalue weighted by molar-refractivity contribution is 1.23. The molecule has 264 valence electrons. The summed E-state index contributed by atoms with van der Waals surface area (Å²) < 4.78 is 0. The summed E-state index contributed by atoms with van der Waals surface area (Å²) in [4.78, 5) is 6.96. The molecule has 0 aliphatic heterocycles. The van der Waals surface area contributed by atoms with Gasteiger partial charge in [0, 0.05) is 17.6 Å². The molecule has 2 aliphatic rings. The summed E-state index contributed by atoms with van der Waals surface area (Å²) in [6, 6.07) is 71.3. The number of hydrogen-bond acceptors (Lipinski definition) is 2. The molecule has 0 atom stereocenters. The lowest BCUT2D eigenvalue weighted by atomic mass is 9.90. The van der Waals surface area contributed by atoms with E-state index in [2.05, 4.69) is 198 Å². The third kappa shape index (κ3) is 4.87. The Kier molecular flexibility index (Phi) is 6.96. The Hall–Kier alpha value is -7.55. The highest BCUT2D eigenvalue weighted by Gasteiger charge is 2.25. The molecule has 0 unspecified atom stereocenters. The zero-order chi connectivity index (χ0) is 37.5. The number of anilines is 3. The summed E-state index contributed by atoms with van der Waals surface area (Å²) in [6.07, 6.45) is 3.81. The van der Waals surface area contributed by atoms with Crippen LogP contribution < -0.4 is 4.90 Å². The van der Waals surface area contributed by atoms with Crippen molar-refractivity contribution in [3.63, 3.8) is 0 Å². The first-order valence-electron chi connectivity index (χ1n) is 19.6. The van der Waals surface area contributed by atoms with Crippen molar-refractivity contribution in [3.8, 4) is 77.9 Å². The third-order valence-corrected chi connectivity index (χ3v) is 12.0. The quantitative estimate of drug-likeness (QED) is 0.170. The van der Waals surface area contributed by atoms with E-state index in [1.54, 1.807) is 0 Å². The minimum Gasteiger partial charge on any atom is -0.309 e. The van der Waals surface area contributed by atoms with Gasteiger partial charge in [-0.2, -0.15) is 0 Å². The van der Waals surface area contributed by atoms with Gasteiger partial charge in [-0.1, -0.05) is 152 Å². The van der Waals surface area contributed by atoms with E-state index in [1.165, 1.54) is 99.4 Å². The molecule has 0 fully saturated rings. The number of benzene rings is 9. The predicted octanol–water partition coefficient (Wildman–Crippen LogP) is 15.2. The van der Waals surface area contributed by atoms with Crippen molar-refractivity contribution in [1.29, 1.82) is 0 Å². The van der Waals surface area contributed by atoms with Crippen LogP contribution in [0, 0.1) is 0 Å². The van der Waals surface area contributed by atoms with Gasteiger partial charge >= 0.3 is 0 Å². The molecule has 0 N–H and O–H groups in total. The van der Waals surface area contributed by atoms with Gasteiger partial charge in [-0.25, -0.2) is 0 Å². The summed E-state index contributed by atoms with van der Waals surface area (Å²) in [5.74, 6) is 0. The molecule has 9 aromatic carbocycles. The minimum atomic E-state index is 1.000. The number of hydrogen-bond donors (Lipinski definition) is 0. The molecule has 2 heteroatoms. The Bertz CT molecular complexity index is 3010. The van der Waals surface area contributed by atoms with Gasteiger partial charge in [0.15, 0.2) is 0 Å². The minimum absolute atomic E-state index is 1.000. The molecule has 0 radical (unpaired) electrons. The SMILES string of the molecule is c1ccc(-c2ccc(N(c3cccnc3)c3cc(-c4ccc5c6c(cccc46)-c4ccccc4-5)cc(-c4ccc5c6c(cccc46)-c4ccccc4-5)c3)cc2)cc1. The van der Waals surface area contributed by atoms with Crippen molar-refractivity contribution in [2.24, 2.45) is 0 Å². The molecular weight excluding hydrogens is 689 g/mol. The van der Waals surface area contributed by atoms with Crippen LogP contribution in [-0.4, -0.2) is 4.98 Å². The fourth-order valence-corrected chi connectivity index (χ4v) is 9.54. The van der Waals surface area contributed by atoms with Gasteiger partial charge in [0.05, 0.1) is 11.9 Å². The number of pyridine rings is 1. The van der Waals surface area contributed by atoms with E-state index in [0.29, 0.717) is 0 Å². The van der Waals surface area contributed by atoms with Crippen LogP contribution in [-0.2, 0) is 0 Å². The van der Waals surface area contributed by atoms with E-state index < -0.39 is 0 Å². The Morgan fingerprint density at radius 2 is 0.754 bits per heavy atom. The van der Waals surface area contributed by atoms with Gasteiger partial charge in [0.1, 0.15) is 0 Å². The first-order valence-corrected chi connectivity index (χ1v) is 19.6. The second kappa shape index (κ2) is 12.5. The fourth-order valence-electron chi connectivity index (χ4n) is 9.54. The predicted molar refractivity (Wildman–Crippen MR) is 239 cm³/mol. The average molecular weight is 723 g/mol. The summed E-state index contributed by atoms with van der Waals surface area (Å²) in [5, 5.41) is 5.18. The van der Waals surface area contributed by atoms with E-state index >= 15 is 0 Å². The van der Waals surface area contributed by atoms with Crippen LogP contribution in [0.4, 0.5) is 17.1 Å². The highest BCUT2D eigenvalue weighted by Crippen LogP contribution is 2.52. The highest BCUT2D eigenvalue weighted by atomic mass is 15.1. The largest absolute Gasteiger partial charge is 0.309 e.